The molecule has 0 aromatic carbocycles. The summed E-state index contributed by atoms with van der Waals surface area (Å²) < 4.78 is 0. The van der Waals surface area contributed by atoms with Gasteiger partial charge in [0, 0.05) is 12.1 Å². The number of hydrogen-bond acceptors (Lipinski definition) is 2. The van der Waals surface area contributed by atoms with Crippen LogP contribution in [-0.4, -0.2) is 23.3 Å². The molecule has 0 aromatic rings. The van der Waals surface area contributed by atoms with Gasteiger partial charge >= 0.3 is 0 Å². The molecule has 0 saturated heterocycles. The molecule has 2 N–H and O–H groups in total. The van der Waals surface area contributed by atoms with Crippen LogP contribution in [0.3, 0.4) is 0 Å². The van der Waals surface area contributed by atoms with E-state index in [1.54, 1.807) is 0 Å². The number of aliphatic hydroxyl groups is 1. The second-order valence-electron chi connectivity index (χ2n) is 5.40. The third-order valence-electron chi connectivity index (χ3n) is 3.94. The summed E-state index contributed by atoms with van der Waals surface area (Å²) in [5.41, 5.74) is 0. The lowest BCUT2D eigenvalue weighted by molar-refractivity contribution is 0.113. The third kappa shape index (κ3) is 3.46. The van der Waals surface area contributed by atoms with E-state index in [0.29, 0.717) is 6.04 Å². The van der Waals surface area contributed by atoms with Crippen LogP contribution in [0.1, 0.15) is 58.3 Å². The van der Waals surface area contributed by atoms with Gasteiger partial charge in [-0.2, -0.15) is 0 Å². The summed E-state index contributed by atoms with van der Waals surface area (Å²) in [4.78, 5) is 0. The highest BCUT2D eigenvalue weighted by atomic mass is 16.3. The molecule has 0 radical (unpaired) electrons. The van der Waals surface area contributed by atoms with Crippen LogP contribution < -0.4 is 5.32 Å². The first-order chi connectivity index (χ1) is 7.29. The van der Waals surface area contributed by atoms with Crippen LogP contribution in [-0.2, 0) is 0 Å². The summed E-state index contributed by atoms with van der Waals surface area (Å²) in [6, 6.07) is 1.46. The fourth-order valence-electron chi connectivity index (χ4n) is 2.81. The maximum absolute atomic E-state index is 9.46. The maximum Gasteiger partial charge on any atom is 0.0541 e. The molecule has 1 atom stereocenters. The van der Waals surface area contributed by atoms with E-state index >= 15 is 0 Å². The molecule has 2 heteroatoms. The molecule has 2 aliphatic rings. The van der Waals surface area contributed by atoms with Gasteiger partial charge in [0.1, 0.15) is 0 Å². The normalized spacial score (nSPS) is 34.0. The van der Waals surface area contributed by atoms with Crippen LogP contribution in [0, 0.1) is 5.92 Å². The predicted octanol–water partition coefficient (Wildman–Crippen LogP) is 2.46. The molecule has 2 aliphatic carbocycles. The summed E-state index contributed by atoms with van der Waals surface area (Å²) in [6.45, 7) is 2.28. The predicted molar refractivity (Wildman–Crippen MR) is 62.8 cm³/mol. The molecule has 0 aliphatic heterocycles. The molecule has 1 unspecified atom stereocenters. The fraction of sp³-hybridized carbons (Fsp3) is 1.00. The van der Waals surface area contributed by atoms with Gasteiger partial charge in [0.05, 0.1) is 6.10 Å². The smallest absolute Gasteiger partial charge is 0.0541 e. The van der Waals surface area contributed by atoms with Gasteiger partial charge in [-0.3, -0.25) is 0 Å². The van der Waals surface area contributed by atoms with Crippen molar-refractivity contribution in [3.63, 3.8) is 0 Å². The van der Waals surface area contributed by atoms with Gasteiger partial charge < -0.3 is 10.4 Å². The van der Waals surface area contributed by atoms with Crippen LogP contribution in [0.2, 0.25) is 0 Å². The van der Waals surface area contributed by atoms with E-state index in [-0.39, 0.29) is 6.10 Å². The third-order valence-corrected chi connectivity index (χ3v) is 3.94. The first-order valence-electron chi connectivity index (χ1n) is 6.73. The summed E-state index contributed by atoms with van der Waals surface area (Å²) in [5.74, 6) is 0.969. The molecule has 0 spiro atoms. The topological polar surface area (TPSA) is 32.3 Å². The van der Waals surface area contributed by atoms with Crippen molar-refractivity contribution in [2.75, 3.05) is 0 Å². The quantitative estimate of drug-likeness (QED) is 0.732. The number of rotatable bonds is 5. The molecule has 15 heavy (non-hydrogen) atoms. The van der Waals surface area contributed by atoms with Gasteiger partial charge in [-0.25, -0.2) is 0 Å². The van der Waals surface area contributed by atoms with E-state index in [1.165, 1.54) is 38.5 Å². The highest BCUT2D eigenvalue weighted by Crippen LogP contribution is 2.35. The lowest BCUT2D eigenvalue weighted by atomic mass is 9.92. The van der Waals surface area contributed by atoms with E-state index in [2.05, 4.69) is 12.2 Å². The average molecular weight is 211 g/mol. The summed E-state index contributed by atoms with van der Waals surface area (Å²) >= 11 is 0. The minimum Gasteiger partial charge on any atom is -0.393 e. The average Bonchev–Trinajstić information content (AvgIpc) is 3.04. The molecule has 2 nitrogen and oxygen atoms in total. The molecule has 0 heterocycles. The zero-order chi connectivity index (χ0) is 10.7. The van der Waals surface area contributed by atoms with Crippen molar-refractivity contribution in [3.8, 4) is 0 Å². The molecule has 2 rings (SSSR count). The van der Waals surface area contributed by atoms with Crippen molar-refractivity contribution in [3.05, 3.63) is 0 Å². The number of nitrogens with one attached hydrogen (secondary N) is 1. The summed E-state index contributed by atoms with van der Waals surface area (Å²) in [5, 5.41) is 13.3. The van der Waals surface area contributed by atoms with Crippen molar-refractivity contribution in [2.24, 2.45) is 5.92 Å². The van der Waals surface area contributed by atoms with Crippen molar-refractivity contribution >= 4 is 0 Å². The summed E-state index contributed by atoms with van der Waals surface area (Å²) in [6.07, 6.45) is 9.84. The molecule has 88 valence electrons. The highest BCUT2D eigenvalue weighted by molar-refractivity contribution is 4.89. The second kappa shape index (κ2) is 5.31. The van der Waals surface area contributed by atoms with Gasteiger partial charge in [0.15, 0.2) is 0 Å². The van der Waals surface area contributed by atoms with E-state index in [1.807, 2.05) is 0 Å². The molecule has 0 bridgehead atoms. The Morgan fingerprint density at radius 3 is 2.33 bits per heavy atom. The van der Waals surface area contributed by atoms with Gasteiger partial charge in [-0.1, -0.05) is 13.3 Å². The zero-order valence-electron chi connectivity index (χ0n) is 9.91. The highest BCUT2D eigenvalue weighted by Gasteiger charge is 2.32. The lowest BCUT2D eigenvalue weighted by Gasteiger charge is -2.30. The van der Waals surface area contributed by atoms with Crippen LogP contribution in [0.5, 0.6) is 0 Å². The van der Waals surface area contributed by atoms with Gasteiger partial charge in [0.2, 0.25) is 0 Å². The van der Waals surface area contributed by atoms with Gasteiger partial charge in [0.25, 0.3) is 0 Å². The Bertz CT molecular complexity index is 183. The van der Waals surface area contributed by atoms with Gasteiger partial charge in [-0.15, -0.1) is 0 Å². The summed E-state index contributed by atoms with van der Waals surface area (Å²) in [7, 11) is 0. The first kappa shape index (κ1) is 11.4. The van der Waals surface area contributed by atoms with E-state index in [4.69, 9.17) is 0 Å². The Labute approximate surface area is 93.5 Å². The monoisotopic (exact) mass is 211 g/mol. The Hall–Kier alpha value is -0.0800. The zero-order valence-corrected chi connectivity index (χ0v) is 9.91. The van der Waals surface area contributed by atoms with Crippen molar-refractivity contribution in [1.82, 2.24) is 5.32 Å². The van der Waals surface area contributed by atoms with Crippen LogP contribution in [0.15, 0.2) is 0 Å². The Balaban J connectivity index is 1.73. The number of aliphatic hydroxyl groups excluding tert-OH is 1. The standard InChI is InChI=1S/C13H25NO/c1-2-3-13(10-4-5-10)14-11-6-8-12(15)9-7-11/h10-15H,2-9H2,1H3. The minimum atomic E-state index is -0.0198. The Morgan fingerprint density at radius 1 is 1.13 bits per heavy atom. The van der Waals surface area contributed by atoms with Crippen LogP contribution in [0.25, 0.3) is 0 Å². The van der Waals surface area contributed by atoms with Crippen LogP contribution in [0.4, 0.5) is 0 Å². The Morgan fingerprint density at radius 2 is 1.80 bits per heavy atom. The molecular formula is C13H25NO. The number of hydrogen-bond donors (Lipinski definition) is 2. The second-order valence-corrected chi connectivity index (χ2v) is 5.40. The minimum absolute atomic E-state index is 0.0198. The first-order valence-corrected chi connectivity index (χ1v) is 6.73. The van der Waals surface area contributed by atoms with Crippen LogP contribution >= 0.6 is 0 Å². The largest absolute Gasteiger partial charge is 0.393 e. The maximum atomic E-state index is 9.46. The molecule has 0 amide bonds. The molecular weight excluding hydrogens is 186 g/mol. The lowest BCUT2D eigenvalue weighted by Crippen LogP contribution is -2.42. The van der Waals surface area contributed by atoms with E-state index in [9.17, 15) is 5.11 Å². The van der Waals surface area contributed by atoms with E-state index in [0.717, 1.165) is 24.8 Å². The van der Waals surface area contributed by atoms with Crippen molar-refractivity contribution in [1.29, 1.82) is 0 Å². The van der Waals surface area contributed by atoms with Crippen molar-refractivity contribution < 1.29 is 5.11 Å². The molecule has 2 saturated carbocycles. The Kier molecular flexibility index (Phi) is 4.04. The van der Waals surface area contributed by atoms with E-state index < -0.39 is 0 Å². The molecule has 2 fully saturated rings. The fourth-order valence-corrected chi connectivity index (χ4v) is 2.81. The molecule has 0 aromatic heterocycles. The van der Waals surface area contributed by atoms with Crippen molar-refractivity contribution in [2.45, 2.75) is 76.5 Å². The van der Waals surface area contributed by atoms with Gasteiger partial charge in [-0.05, 0) is 50.9 Å². The SMILES string of the molecule is CCCC(NC1CCC(O)CC1)C1CC1.